The molecule has 0 saturated carbocycles. The predicted octanol–water partition coefficient (Wildman–Crippen LogP) is 4.99. The van der Waals surface area contributed by atoms with Gasteiger partial charge in [0.1, 0.15) is 0 Å². The van der Waals surface area contributed by atoms with Crippen molar-refractivity contribution in [2.45, 2.75) is 4.90 Å². The van der Waals surface area contributed by atoms with Gasteiger partial charge in [-0.15, -0.1) is 23.1 Å². The molecule has 0 fully saturated rings. The van der Waals surface area contributed by atoms with Gasteiger partial charge in [0, 0.05) is 16.1 Å². The van der Waals surface area contributed by atoms with Gasteiger partial charge in [0.05, 0.1) is 24.8 Å². The Kier molecular flexibility index (Phi) is 6.73. The van der Waals surface area contributed by atoms with Crippen molar-refractivity contribution < 1.29 is 19.1 Å². The Morgan fingerprint density at radius 1 is 1.00 bits per heavy atom. The van der Waals surface area contributed by atoms with E-state index in [4.69, 9.17) is 9.47 Å². The smallest absolute Gasteiger partial charge is 0.255 e. The number of anilines is 1. The van der Waals surface area contributed by atoms with Crippen LogP contribution in [0.5, 0.6) is 11.5 Å². The van der Waals surface area contributed by atoms with Crippen LogP contribution in [0.3, 0.4) is 0 Å². The van der Waals surface area contributed by atoms with E-state index in [1.807, 2.05) is 41.8 Å². The summed E-state index contributed by atoms with van der Waals surface area (Å²) in [6.07, 6.45) is 0. The molecule has 0 bridgehead atoms. The molecule has 2 aromatic carbocycles. The largest absolute Gasteiger partial charge is 0.493 e. The van der Waals surface area contributed by atoms with Crippen molar-refractivity contribution in [3.63, 3.8) is 0 Å². The van der Waals surface area contributed by atoms with Crippen LogP contribution in [0.4, 0.5) is 5.69 Å². The van der Waals surface area contributed by atoms with Crippen molar-refractivity contribution in [1.82, 2.24) is 0 Å². The summed E-state index contributed by atoms with van der Waals surface area (Å²) in [5, 5.41) is 4.76. The lowest BCUT2D eigenvalue weighted by atomic mass is 10.2. The zero-order valence-electron chi connectivity index (χ0n) is 15.4. The lowest BCUT2D eigenvalue weighted by molar-refractivity contribution is 0.101. The molecule has 3 rings (SSSR count). The van der Waals surface area contributed by atoms with Gasteiger partial charge in [-0.2, -0.15) is 0 Å². The second-order valence-corrected chi connectivity index (χ2v) is 7.74. The molecule has 5 nitrogen and oxygen atoms in total. The van der Waals surface area contributed by atoms with Crippen molar-refractivity contribution in [1.29, 1.82) is 0 Å². The molecule has 0 unspecified atom stereocenters. The number of carbonyl (C=O) groups is 2. The molecule has 1 aromatic heterocycles. The Labute approximate surface area is 171 Å². The number of Topliss-reactive ketones (excluding diaryl/α,β-unsaturated/α-hetero) is 1. The van der Waals surface area contributed by atoms with E-state index < -0.39 is 0 Å². The van der Waals surface area contributed by atoms with Crippen LogP contribution in [-0.2, 0) is 0 Å². The second kappa shape index (κ2) is 9.43. The molecule has 1 N–H and O–H groups in total. The Morgan fingerprint density at radius 3 is 2.54 bits per heavy atom. The quantitative estimate of drug-likeness (QED) is 0.416. The SMILES string of the molecule is COc1ccc(C(=O)Nc2cccc(SCC(=O)c3cccs3)c2)cc1OC. The Bertz CT molecular complexity index is 970. The number of amides is 1. The summed E-state index contributed by atoms with van der Waals surface area (Å²) in [6, 6.07) is 16.1. The fourth-order valence-electron chi connectivity index (χ4n) is 2.50. The third-order valence-electron chi connectivity index (χ3n) is 3.90. The van der Waals surface area contributed by atoms with Gasteiger partial charge in [0.2, 0.25) is 0 Å². The molecule has 7 heteroatoms. The second-order valence-electron chi connectivity index (χ2n) is 5.74. The van der Waals surface area contributed by atoms with Crippen molar-refractivity contribution in [3.05, 3.63) is 70.4 Å². The topological polar surface area (TPSA) is 64.6 Å². The zero-order valence-corrected chi connectivity index (χ0v) is 17.1. The predicted molar refractivity (Wildman–Crippen MR) is 113 cm³/mol. The van der Waals surface area contributed by atoms with E-state index in [1.165, 1.54) is 30.2 Å². The zero-order chi connectivity index (χ0) is 19.9. The summed E-state index contributed by atoms with van der Waals surface area (Å²) in [4.78, 5) is 26.4. The van der Waals surface area contributed by atoms with E-state index in [0.29, 0.717) is 28.5 Å². The van der Waals surface area contributed by atoms with Crippen LogP contribution in [0.25, 0.3) is 0 Å². The molecule has 1 amide bonds. The average Bonchev–Trinajstić information content (AvgIpc) is 3.26. The van der Waals surface area contributed by atoms with Crippen LogP contribution in [0, 0.1) is 0 Å². The van der Waals surface area contributed by atoms with E-state index in [-0.39, 0.29) is 11.7 Å². The van der Waals surface area contributed by atoms with E-state index in [1.54, 1.807) is 25.3 Å². The monoisotopic (exact) mass is 413 g/mol. The molecule has 0 atom stereocenters. The third-order valence-corrected chi connectivity index (χ3v) is 5.81. The van der Waals surface area contributed by atoms with Crippen molar-refractivity contribution in [2.75, 3.05) is 25.3 Å². The first-order chi connectivity index (χ1) is 13.6. The maximum Gasteiger partial charge on any atom is 0.255 e. The van der Waals surface area contributed by atoms with Crippen LogP contribution < -0.4 is 14.8 Å². The van der Waals surface area contributed by atoms with Crippen molar-refractivity contribution in [2.24, 2.45) is 0 Å². The number of benzene rings is 2. The van der Waals surface area contributed by atoms with Crippen LogP contribution in [0.15, 0.2) is 64.9 Å². The summed E-state index contributed by atoms with van der Waals surface area (Å²) < 4.78 is 10.4. The Hall–Kier alpha value is -2.77. The average molecular weight is 414 g/mol. The highest BCUT2D eigenvalue weighted by Gasteiger charge is 2.12. The molecule has 0 aliphatic rings. The molecular formula is C21H19NO4S2. The van der Waals surface area contributed by atoms with Crippen LogP contribution in [0.2, 0.25) is 0 Å². The number of hydrogen-bond acceptors (Lipinski definition) is 6. The van der Waals surface area contributed by atoms with E-state index >= 15 is 0 Å². The molecule has 1 heterocycles. The van der Waals surface area contributed by atoms with Gasteiger partial charge in [-0.05, 0) is 47.8 Å². The molecule has 3 aromatic rings. The van der Waals surface area contributed by atoms with Crippen molar-refractivity contribution >= 4 is 40.5 Å². The minimum atomic E-state index is -0.252. The van der Waals surface area contributed by atoms with Crippen LogP contribution >= 0.6 is 23.1 Å². The maximum atomic E-state index is 12.5. The van der Waals surface area contributed by atoms with Crippen molar-refractivity contribution in [3.8, 4) is 11.5 Å². The molecule has 28 heavy (non-hydrogen) atoms. The fourth-order valence-corrected chi connectivity index (χ4v) is 4.10. The van der Waals surface area contributed by atoms with Gasteiger partial charge in [0.15, 0.2) is 17.3 Å². The van der Waals surface area contributed by atoms with Gasteiger partial charge >= 0.3 is 0 Å². The van der Waals surface area contributed by atoms with Crippen LogP contribution in [0.1, 0.15) is 20.0 Å². The number of ketones is 1. The van der Waals surface area contributed by atoms with E-state index in [9.17, 15) is 9.59 Å². The number of hydrogen-bond donors (Lipinski definition) is 1. The number of thiophene rings is 1. The van der Waals surface area contributed by atoms with E-state index in [0.717, 1.165) is 9.77 Å². The number of thioether (sulfide) groups is 1. The summed E-state index contributed by atoms with van der Waals surface area (Å²) in [5.41, 5.74) is 1.12. The Balaban J connectivity index is 1.65. The number of nitrogens with one attached hydrogen (secondary N) is 1. The highest BCUT2D eigenvalue weighted by molar-refractivity contribution is 8.00. The standard InChI is InChI=1S/C21H19NO4S2/c1-25-18-9-8-14(11-19(18)26-2)21(24)22-15-5-3-6-16(12-15)28-13-17(23)20-7-4-10-27-20/h3-12H,13H2,1-2H3,(H,22,24). The number of methoxy groups -OCH3 is 2. The van der Waals surface area contributed by atoms with Gasteiger partial charge in [-0.3, -0.25) is 9.59 Å². The van der Waals surface area contributed by atoms with Gasteiger partial charge in [0.25, 0.3) is 5.91 Å². The fraction of sp³-hybridized carbons (Fsp3) is 0.143. The Morgan fingerprint density at radius 2 is 1.82 bits per heavy atom. The number of carbonyl (C=O) groups excluding carboxylic acids is 2. The summed E-state index contributed by atoms with van der Waals surface area (Å²) in [6.45, 7) is 0. The molecule has 0 radical (unpaired) electrons. The highest BCUT2D eigenvalue weighted by Crippen LogP contribution is 2.28. The van der Waals surface area contributed by atoms with Gasteiger partial charge in [-0.1, -0.05) is 12.1 Å². The molecule has 0 saturated heterocycles. The molecule has 0 aliphatic heterocycles. The molecule has 0 aliphatic carbocycles. The van der Waals surface area contributed by atoms with Gasteiger partial charge in [-0.25, -0.2) is 0 Å². The summed E-state index contributed by atoms with van der Waals surface area (Å²) in [5.74, 6) is 1.25. The molecule has 144 valence electrons. The highest BCUT2D eigenvalue weighted by atomic mass is 32.2. The molecule has 0 spiro atoms. The lowest BCUT2D eigenvalue weighted by Gasteiger charge is -2.10. The number of ether oxygens (including phenoxy) is 2. The summed E-state index contributed by atoms with van der Waals surface area (Å²) in [7, 11) is 3.07. The molecular weight excluding hydrogens is 394 g/mol. The summed E-state index contributed by atoms with van der Waals surface area (Å²) >= 11 is 2.89. The first-order valence-electron chi connectivity index (χ1n) is 8.43. The first kappa shape index (κ1) is 20.0. The minimum Gasteiger partial charge on any atom is -0.493 e. The third kappa shape index (κ3) is 4.94. The maximum absolute atomic E-state index is 12.5. The first-order valence-corrected chi connectivity index (χ1v) is 10.3. The van der Waals surface area contributed by atoms with Gasteiger partial charge < -0.3 is 14.8 Å². The lowest BCUT2D eigenvalue weighted by Crippen LogP contribution is -2.12. The number of rotatable bonds is 8. The normalized spacial score (nSPS) is 10.4. The van der Waals surface area contributed by atoms with E-state index in [2.05, 4.69) is 5.32 Å². The minimum absolute atomic E-state index is 0.0970. The van der Waals surface area contributed by atoms with Crippen LogP contribution in [-0.4, -0.2) is 31.7 Å².